The van der Waals surface area contributed by atoms with Gasteiger partial charge < -0.3 is 4.74 Å². The van der Waals surface area contributed by atoms with Crippen molar-refractivity contribution >= 4 is 6.09 Å². The third-order valence-corrected chi connectivity index (χ3v) is 4.07. The number of aromatic nitrogens is 1. The van der Waals surface area contributed by atoms with Crippen LogP contribution in [0.5, 0.6) is 0 Å². The van der Waals surface area contributed by atoms with Crippen LogP contribution in [0.15, 0.2) is 36.7 Å². The quantitative estimate of drug-likeness (QED) is 0.834. The fourth-order valence-electron chi connectivity index (χ4n) is 2.67. The summed E-state index contributed by atoms with van der Waals surface area (Å²) < 4.78 is 44.1. The summed E-state index contributed by atoms with van der Waals surface area (Å²) in [6, 6.07) is 5.06. The lowest BCUT2D eigenvalue weighted by atomic mass is 10.0. The minimum Gasteiger partial charge on any atom is -0.448 e. The van der Waals surface area contributed by atoms with Gasteiger partial charge in [-0.25, -0.2) is 18.0 Å². The van der Waals surface area contributed by atoms with Crippen molar-refractivity contribution in [3.63, 3.8) is 0 Å². The number of carbonyl (C=O) groups excluding carboxylic acids is 1. The zero-order valence-electron chi connectivity index (χ0n) is 12.9. The first-order valence-electron chi connectivity index (χ1n) is 7.43. The molecule has 0 bridgehead atoms. The Labute approximate surface area is 136 Å². The van der Waals surface area contributed by atoms with Crippen molar-refractivity contribution in [2.45, 2.75) is 19.4 Å². The summed E-state index contributed by atoms with van der Waals surface area (Å²) in [5.41, 5.74) is 1.12. The molecule has 1 aliphatic heterocycles. The fourth-order valence-corrected chi connectivity index (χ4v) is 2.67. The molecule has 1 aromatic carbocycles. The lowest BCUT2D eigenvalue weighted by molar-refractivity contribution is 0.146. The van der Waals surface area contributed by atoms with E-state index in [0.717, 1.165) is 17.7 Å². The number of hydrogen-bond donors (Lipinski definition) is 0. The Morgan fingerprint density at radius 3 is 2.67 bits per heavy atom. The van der Waals surface area contributed by atoms with Gasteiger partial charge in [-0.3, -0.25) is 9.88 Å². The Hall–Kier alpha value is -2.57. The van der Waals surface area contributed by atoms with Crippen LogP contribution in [0.4, 0.5) is 18.0 Å². The van der Waals surface area contributed by atoms with Crippen LogP contribution >= 0.6 is 0 Å². The summed E-state index contributed by atoms with van der Waals surface area (Å²) in [5, 5.41) is 0. The van der Waals surface area contributed by atoms with Crippen molar-refractivity contribution in [3.05, 3.63) is 53.6 Å². The standard InChI is InChI=1S/C17H15F3N2O2/c1-10(22-4-5-24-17(22)23)12-6-13(9-21-8-12)11-2-3-15(18)14(7-11)16(19)20/h2-3,6-10,16H,4-5H2,1H3. The van der Waals surface area contributed by atoms with Gasteiger partial charge in [-0.15, -0.1) is 0 Å². The molecule has 7 heteroatoms. The molecule has 1 atom stereocenters. The van der Waals surface area contributed by atoms with Crippen molar-refractivity contribution in [1.29, 1.82) is 0 Å². The number of benzene rings is 1. The predicted octanol–water partition coefficient (Wildman–Crippen LogP) is 4.34. The smallest absolute Gasteiger partial charge is 0.410 e. The van der Waals surface area contributed by atoms with Crippen LogP contribution in [0, 0.1) is 5.82 Å². The number of hydrogen-bond acceptors (Lipinski definition) is 3. The predicted molar refractivity (Wildman–Crippen MR) is 81.1 cm³/mol. The van der Waals surface area contributed by atoms with E-state index in [4.69, 9.17) is 4.74 Å². The highest BCUT2D eigenvalue weighted by Gasteiger charge is 2.28. The Balaban J connectivity index is 1.93. The molecule has 1 fully saturated rings. The van der Waals surface area contributed by atoms with Crippen LogP contribution in [-0.4, -0.2) is 29.1 Å². The van der Waals surface area contributed by atoms with Gasteiger partial charge in [-0.2, -0.15) is 0 Å². The summed E-state index contributed by atoms with van der Waals surface area (Å²) in [6.45, 7) is 2.66. The van der Waals surface area contributed by atoms with Gasteiger partial charge in [0.25, 0.3) is 6.43 Å². The first-order valence-corrected chi connectivity index (χ1v) is 7.43. The number of halogens is 3. The van der Waals surface area contributed by atoms with Crippen molar-refractivity contribution < 1.29 is 22.7 Å². The van der Waals surface area contributed by atoms with Crippen LogP contribution in [0.25, 0.3) is 11.1 Å². The first kappa shape index (κ1) is 16.3. The third-order valence-electron chi connectivity index (χ3n) is 4.07. The first-order chi connectivity index (χ1) is 11.5. The molecular weight excluding hydrogens is 321 g/mol. The van der Waals surface area contributed by atoms with Gasteiger partial charge in [-0.1, -0.05) is 6.07 Å². The molecule has 0 N–H and O–H groups in total. The van der Waals surface area contributed by atoms with Crippen LogP contribution in [0.2, 0.25) is 0 Å². The highest BCUT2D eigenvalue weighted by atomic mass is 19.3. The highest BCUT2D eigenvalue weighted by Crippen LogP contribution is 2.30. The topological polar surface area (TPSA) is 42.4 Å². The zero-order valence-corrected chi connectivity index (χ0v) is 12.9. The maximum atomic E-state index is 13.4. The third kappa shape index (κ3) is 3.06. The van der Waals surface area contributed by atoms with Gasteiger partial charge in [0.2, 0.25) is 0 Å². The minimum absolute atomic E-state index is 0.262. The van der Waals surface area contributed by atoms with E-state index >= 15 is 0 Å². The molecule has 1 saturated heterocycles. The summed E-state index contributed by atoms with van der Waals surface area (Å²) in [4.78, 5) is 17.3. The van der Waals surface area contributed by atoms with Gasteiger partial charge >= 0.3 is 6.09 Å². The maximum Gasteiger partial charge on any atom is 0.410 e. The van der Waals surface area contributed by atoms with E-state index in [0.29, 0.717) is 24.3 Å². The summed E-state index contributed by atoms with van der Waals surface area (Å²) in [6.07, 6.45) is -0.160. The second-order valence-electron chi connectivity index (χ2n) is 5.53. The molecular formula is C17H15F3N2O2. The van der Waals surface area contributed by atoms with Crippen molar-refractivity contribution in [1.82, 2.24) is 9.88 Å². The molecule has 1 aliphatic rings. The molecule has 0 radical (unpaired) electrons. The Morgan fingerprint density at radius 2 is 2.00 bits per heavy atom. The average Bonchev–Trinajstić information content (AvgIpc) is 3.00. The SMILES string of the molecule is CC(c1cncc(-c2ccc(F)c(C(F)F)c2)c1)N1CCOC1=O. The fraction of sp³-hybridized carbons (Fsp3) is 0.294. The molecule has 1 unspecified atom stereocenters. The van der Waals surface area contributed by atoms with E-state index in [-0.39, 0.29) is 6.04 Å². The second-order valence-corrected chi connectivity index (χ2v) is 5.53. The molecule has 3 rings (SSSR count). The lowest BCUT2D eigenvalue weighted by Gasteiger charge is -2.22. The van der Waals surface area contributed by atoms with E-state index in [9.17, 15) is 18.0 Å². The van der Waals surface area contributed by atoms with Crippen LogP contribution in [-0.2, 0) is 4.74 Å². The van der Waals surface area contributed by atoms with E-state index in [1.165, 1.54) is 12.3 Å². The van der Waals surface area contributed by atoms with E-state index in [2.05, 4.69) is 4.98 Å². The number of amides is 1. The second kappa shape index (κ2) is 6.51. The molecule has 24 heavy (non-hydrogen) atoms. The molecule has 4 nitrogen and oxygen atoms in total. The number of rotatable bonds is 4. The molecule has 0 saturated carbocycles. The molecule has 1 amide bonds. The Kier molecular flexibility index (Phi) is 4.42. The number of cyclic esters (lactones) is 1. The van der Waals surface area contributed by atoms with Gasteiger partial charge in [0.1, 0.15) is 12.4 Å². The molecule has 1 aromatic heterocycles. The van der Waals surface area contributed by atoms with Crippen LogP contribution < -0.4 is 0 Å². The van der Waals surface area contributed by atoms with Gasteiger partial charge in [0, 0.05) is 18.0 Å². The van der Waals surface area contributed by atoms with Gasteiger partial charge in [0.15, 0.2) is 0 Å². The summed E-state index contributed by atoms with van der Waals surface area (Å²) >= 11 is 0. The zero-order chi connectivity index (χ0) is 17.3. The van der Waals surface area contributed by atoms with Crippen molar-refractivity contribution in [2.24, 2.45) is 0 Å². The largest absolute Gasteiger partial charge is 0.448 e. The number of carbonyl (C=O) groups is 1. The highest BCUT2D eigenvalue weighted by molar-refractivity contribution is 5.70. The summed E-state index contributed by atoms with van der Waals surface area (Å²) in [7, 11) is 0. The van der Waals surface area contributed by atoms with Crippen LogP contribution in [0.1, 0.15) is 30.5 Å². The molecule has 0 aliphatic carbocycles. The van der Waals surface area contributed by atoms with Gasteiger partial charge in [-0.05, 0) is 36.2 Å². The van der Waals surface area contributed by atoms with Crippen LogP contribution in [0.3, 0.4) is 0 Å². The number of pyridine rings is 1. The number of alkyl halides is 2. The normalized spacial score (nSPS) is 15.7. The van der Waals surface area contributed by atoms with E-state index < -0.39 is 23.9 Å². The number of nitrogens with zero attached hydrogens (tertiary/aromatic N) is 2. The monoisotopic (exact) mass is 336 g/mol. The maximum absolute atomic E-state index is 13.4. The Bertz CT molecular complexity index is 767. The average molecular weight is 336 g/mol. The molecule has 2 heterocycles. The lowest BCUT2D eigenvalue weighted by Crippen LogP contribution is -2.27. The van der Waals surface area contributed by atoms with Gasteiger partial charge in [0.05, 0.1) is 18.2 Å². The molecule has 126 valence electrons. The van der Waals surface area contributed by atoms with Crippen molar-refractivity contribution in [2.75, 3.05) is 13.2 Å². The van der Waals surface area contributed by atoms with Crippen molar-refractivity contribution in [3.8, 4) is 11.1 Å². The minimum atomic E-state index is -2.89. The molecule has 2 aromatic rings. The van der Waals surface area contributed by atoms with E-state index in [1.54, 1.807) is 17.2 Å². The molecule has 0 spiro atoms. The number of ether oxygens (including phenoxy) is 1. The van der Waals surface area contributed by atoms with E-state index in [1.807, 2.05) is 6.92 Å². The Morgan fingerprint density at radius 1 is 1.21 bits per heavy atom. The summed E-state index contributed by atoms with van der Waals surface area (Å²) in [5.74, 6) is -0.939.